The summed E-state index contributed by atoms with van der Waals surface area (Å²) in [5, 5.41) is 17.9. The third-order valence-corrected chi connectivity index (χ3v) is 4.95. The maximum Gasteiger partial charge on any atom is 0.189 e. The Morgan fingerprint density at radius 3 is 2.92 bits per heavy atom. The van der Waals surface area contributed by atoms with Gasteiger partial charge in [-0.3, -0.25) is 14.8 Å². The van der Waals surface area contributed by atoms with Gasteiger partial charge >= 0.3 is 0 Å². The summed E-state index contributed by atoms with van der Waals surface area (Å²) in [5.74, 6) is -0.311. The molecule has 3 N–H and O–H groups in total. The fourth-order valence-electron chi connectivity index (χ4n) is 3.72. The summed E-state index contributed by atoms with van der Waals surface area (Å²) in [5.41, 5.74) is 3.15. The van der Waals surface area contributed by atoms with Gasteiger partial charge in [0.05, 0.1) is 11.8 Å². The number of rotatable bonds is 4. The number of aromatic amines is 2. The van der Waals surface area contributed by atoms with E-state index >= 15 is 0 Å². The van der Waals surface area contributed by atoms with Crippen LogP contribution in [0.4, 0.5) is 4.39 Å². The number of aromatic nitrogens is 3. The van der Waals surface area contributed by atoms with E-state index in [1.54, 1.807) is 6.07 Å². The first-order valence-electron chi connectivity index (χ1n) is 8.71. The molecule has 1 aliphatic rings. The van der Waals surface area contributed by atoms with Gasteiger partial charge in [0.1, 0.15) is 5.82 Å². The molecule has 0 radical (unpaired) electrons. The van der Waals surface area contributed by atoms with Gasteiger partial charge in [-0.2, -0.15) is 5.10 Å². The molecule has 26 heavy (non-hydrogen) atoms. The zero-order valence-corrected chi connectivity index (χ0v) is 14.5. The lowest BCUT2D eigenvalue weighted by molar-refractivity contribution is 0.140. The van der Waals surface area contributed by atoms with Crippen LogP contribution in [0.1, 0.15) is 17.1 Å². The summed E-state index contributed by atoms with van der Waals surface area (Å²) in [4.78, 5) is 17.5. The molecule has 1 aliphatic heterocycles. The van der Waals surface area contributed by atoms with Crippen molar-refractivity contribution < 1.29 is 9.50 Å². The van der Waals surface area contributed by atoms with Crippen molar-refractivity contribution in [3.05, 3.63) is 63.5 Å². The Morgan fingerprint density at radius 1 is 1.31 bits per heavy atom. The van der Waals surface area contributed by atoms with E-state index in [4.69, 9.17) is 0 Å². The third-order valence-electron chi connectivity index (χ3n) is 4.95. The Bertz CT molecular complexity index is 997. The van der Waals surface area contributed by atoms with Crippen LogP contribution in [-0.2, 0) is 13.0 Å². The Kier molecular flexibility index (Phi) is 4.34. The molecule has 0 amide bonds. The molecule has 4 rings (SSSR count). The quantitative estimate of drug-likeness (QED) is 0.665. The minimum Gasteiger partial charge on any atom is -0.391 e. The number of nitrogens with zero attached hydrogens (tertiary/aromatic N) is 2. The Hall–Kier alpha value is -2.51. The van der Waals surface area contributed by atoms with E-state index in [0.717, 1.165) is 30.0 Å². The monoisotopic (exact) mass is 356 g/mol. The molecule has 1 fully saturated rings. The van der Waals surface area contributed by atoms with Crippen LogP contribution < -0.4 is 5.43 Å². The van der Waals surface area contributed by atoms with Gasteiger partial charge in [-0.05, 0) is 37.6 Å². The van der Waals surface area contributed by atoms with Crippen molar-refractivity contribution in [1.82, 2.24) is 20.1 Å². The van der Waals surface area contributed by atoms with Crippen LogP contribution in [0.3, 0.4) is 0 Å². The topological polar surface area (TPSA) is 85.0 Å². The SMILES string of the molecule is Cc1cc(C[C@@H]2CN(Cc3cc(=O)c4cc(F)ccc4[nH]3)C[C@@H]2O)n[nH]1. The maximum atomic E-state index is 13.3. The molecule has 136 valence electrons. The first-order chi connectivity index (χ1) is 12.5. The van der Waals surface area contributed by atoms with Crippen molar-refractivity contribution in [3.63, 3.8) is 0 Å². The summed E-state index contributed by atoms with van der Waals surface area (Å²) < 4.78 is 13.3. The Labute approximate surface area is 149 Å². The number of H-pyrrole nitrogens is 2. The summed E-state index contributed by atoms with van der Waals surface area (Å²) in [6.07, 6.45) is 0.295. The van der Waals surface area contributed by atoms with Crippen molar-refractivity contribution in [2.45, 2.75) is 26.0 Å². The van der Waals surface area contributed by atoms with Gasteiger partial charge < -0.3 is 10.1 Å². The molecule has 1 saturated heterocycles. The lowest BCUT2D eigenvalue weighted by atomic mass is 10.0. The minimum absolute atomic E-state index is 0.110. The summed E-state index contributed by atoms with van der Waals surface area (Å²) >= 11 is 0. The first kappa shape index (κ1) is 16.9. The van der Waals surface area contributed by atoms with Gasteiger partial charge in [0, 0.05) is 53.9 Å². The molecule has 3 heterocycles. The summed E-state index contributed by atoms with van der Waals surface area (Å²) in [7, 11) is 0. The lowest BCUT2D eigenvalue weighted by Crippen LogP contribution is -2.23. The van der Waals surface area contributed by atoms with Crippen LogP contribution in [0.5, 0.6) is 0 Å². The van der Waals surface area contributed by atoms with E-state index in [1.165, 1.54) is 18.2 Å². The highest BCUT2D eigenvalue weighted by Crippen LogP contribution is 2.22. The number of halogens is 1. The van der Waals surface area contributed by atoms with Crippen molar-refractivity contribution in [2.75, 3.05) is 13.1 Å². The molecule has 0 spiro atoms. The van der Waals surface area contributed by atoms with Crippen LogP contribution >= 0.6 is 0 Å². The number of aliphatic hydroxyl groups excluding tert-OH is 1. The van der Waals surface area contributed by atoms with Crippen LogP contribution in [0, 0.1) is 18.7 Å². The molecule has 2 atom stereocenters. The molecule has 0 aliphatic carbocycles. The van der Waals surface area contributed by atoms with Crippen molar-refractivity contribution in [3.8, 4) is 0 Å². The summed E-state index contributed by atoms with van der Waals surface area (Å²) in [6.45, 7) is 3.78. The molecule has 0 unspecified atom stereocenters. The molecule has 0 bridgehead atoms. The molecule has 0 saturated carbocycles. The van der Waals surface area contributed by atoms with Gasteiger partial charge in [-0.1, -0.05) is 0 Å². The van der Waals surface area contributed by atoms with Gasteiger partial charge in [-0.25, -0.2) is 4.39 Å². The van der Waals surface area contributed by atoms with E-state index in [0.29, 0.717) is 24.0 Å². The molecule has 1 aromatic carbocycles. The zero-order valence-electron chi connectivity index (χ0n) is 14.5. The number of benzene rings is 1. The minimum atomic E-state index is -0.423. The molecule has 7 heteroatoms. The number of aliphatic hydroxyl groups is 1. The largest absolute Gasteiger partial charge is 0.391 e. The number of likely N-dealkylation sites (tertiary alicyclic amines) is 1. The lowest BCUT2D eigenvalue weighted by Gasteiger charge is -2.15. The van der Waals surface area contributed by atoms with Crippen LogP contribution in [0.2, 0.25) is 0 Å². The van der Waals surface area contributed by atoms with Gasteiger partial charge in [0.25, 0.3) is 0 Å². The fourth-order valence-corrected chi connectivity index (χ4v) is 3.72. The number of nitrogens with one attached hydrogen (secondary N) is 2. The highest BCUT2D eigenvalue weighted by Gasteiger charge is 2.31. The van der Waals surface area contributed by atoms with Crippen molar-refractivity contribution in [2.24, 2.45) is 5.92 Å². The second kappa shape index (κ2) is 6.66. The highest BCUT2D eigenvalue weighted by atomic mass is 19.1. The molecular weight excluding hydrogens is 335 g/mol. The predicted octanol–water partition coefficient (Wildman–Crippen LogP) is 1.73. The number of pyridine rings is 1. The van der Waals surface area contributed by atoms with Crippen molar-refractivity contribution in [1.29, 1.82) is 0 Å². The number of aryl methyl sites for hydroxylation is 1. The van der Waals surface area contributed by atoms with Crippen LogP contribution in [0.25, 0.3) is 10.9 Å². The third kappa shape index (κ3) is 3.40. The van der Waals surface area contributed by atoms with Gasteiger partial charge in [0.15, 0.2) is 5.43 Å². The van der Waals surface area contributed by atoms with Crippen LogP contribution in [-0.4, -0.2) is 44.4 Å². The maximum absolute atomic E-state index is 13.3. The zero-order chi connectivity index (χ0) is 18.3. The van der Waals surface area contributed by atoms with E-state index in [1.807, 2.05) is 13.0 Å². The van der Waals surface area contributed by atoms with E-state index in [-0.39, 0.29) is 11.3 Å². The molecule has 2 aromatic heterocycles. The average Bonchev–Trinajstić information content (AvgIpc) is 3.14. The number of β-amino-alcohol motifs (C(OH)–C–C–N with tert-alkyl or cyclic N) is 1. The smallest absolute Gasteiger partial charge is 0.189 e. The average molecular weight is 356 g/mol. The van der Waals surface area contributed by atoms with Crippen molar-refractivity contribution >= 4 is 10.9 Å². The highest BCUT2D eigenvalue weighted by molar-refractivity contribution is 5.78. The van der Waals surface area contributed by atoms with E-state index in [9.17, 15) is 14.3 Å². The fraction of sp³-hybridized carbons (Fsp3) is 0.368. The standard InChI is InChI=1S/C19H21FN4O2/c1-11-4-14(23-22-11)5-12-8-24(10-19(12)26)9-15-7-18(25)16-6-13(20)2-3-17(16)21-15/h2-4,6-7,12,19,26H,5,8-10H2,1H3,(H,21,25)(H,22,23)/t12-,19+/m1/s1. The van der Waals surface area contributed by atoms with E-state index < -0.39 is 11.9 Å². The molecule has 6 nitrogen and oxygen atoms in total. The predicted molar refractivity (Wildman–Crippen MR) is 96.3 cm³/mol. The summed E-state index contributed by atoms with van der Waals surface area (Å²) in [6, 6.07) is 7.67. The van der Waals surface area contributed by atoms with E-state index in [2.05, 4.69) is 20.1 Å². The normalized spacial score (nSPS) is 20.9. The number of hydrogen-bond donors (Lipinski definition) is 3. The van der Waals surface area contributed by atoms with Gasteiger partial charge in [-0.15, -0.1) is 0 Å². The first-order valence-corrected chi connectivity index (χ1v) is 8.71. The van der Waals surface area contributed by atoms with Crippen LogP contribution in [0.15, 0.2) is 35.1 Å². The Morgan fingerprint density at radius 2 is 2.15 bits per heavy atom. The number of hydrogen-bond acceptors (Lipinski definition) is 4. The molecular formula is C19H21FN4O2. The second-order valence-electron chi connectivity index (χ2n) is 7.12. The number of fused-ring (bicyclic) bond motifs is 1. The second-order valence-corrected chi connectivity index (χ2v) is 7.12. The molecule has 3 aromatic rings. The van der Waals surface area contributed by atoms with Gasteiger partial charge in [0.2, 0.25) is 0 Å². The Balaban J connectivity index is 1.48.